The summed E-state index contributed by atoms with van der Waals surface area (Å²) in [5, 5.41) is 6.34. The van der Waals surface area contributed by atoms with E-state index in [1.54, 1.807) is 4.68 Å². The fourth-order valence-electron chi connectivity index (χ4n) is 2.82. The van der Waals surface area contributed by atoms with E-state index in [2.05, 4.69) is 40.1 Å². The molecule has 0 aliphatic rings. The van der Waals surface area contributed by atoms with E-state index in [1.807, 2.05) is 14.0 Å². The Labute approximate surface area is 129 Å². The molecular formula is C16H19ClN4. The Morgan fingerprint density at radius 1 is 1.29 bits per heavy atom. The summed E-state index contributed by atoms with van der Waals surface area (Å²) < 4.78 is 3.93. The predicted octanol–water partition coefficient (Wildman–Crippen LogP) is 2.89. The first-order valence-electron chi connectivity index (χ1n) is 7.06. The average molecular weight is 303 g/mol. The van der Waals surface area contributed by atoms with Gasteiger partial charge in [-0.3, -0.25) is 4.68 Å². The van der Waals surface area contributed by atoms with E-state index < -0.39 is 0 Å². The number of aryl methyl sites for hydroxylation is 2. The third kappa shape index (κ3) is 2.45. The summed E-state index contributed by atoms with van der Waals surface area (Å²) in [5.41, 5.74) is 10.2. The minimum Gasteiger partial charge on any atom is -0.343 e. The Morgan fingerprint density at radius 3 is 2.76 bits per heavy atom. The van der Waals surface area contributed by atoms with Crippen LogP contribution in [0.3, 0.4) is 0 Å². The molecule has 110 valence electrons. The molecule has 0 spiro atoms. The zero-order valence-electron chi connectivity index (χ0n) is 12.3. The number of rotatable bonds is 4. The molecule has 0 radical (unpaired) electrons. The highest BCUT2D eigenvalue weighted by atomic mass is 35.5. The number of halogens is 1. The molecular weight excluding hydrogens is 284 g/mol. The number of aromatic nitrogens is 3. The van der Waals surface area contributed by atoms with E-state index in [0.717, 1.165) is 24.2 Å². The molecule has 0 bridgehead atoms. The van der Waals surface area contributed by atoms with E-state index in [4.69, 9.17) is 17.3 Å². The van der Waals surface area contributed by atoms with E-state index in [-0.39, 0.29) is 0 Å². The smallest absolute Gasteiger partial charge is 0.131 e. The molecule has 0 unspecified atom stereocenters. The normalized spacial score (nSPS) is 11.4. The summed E-state index contributed by atoms with van der Waals surface area (Å²) in [6.07, 6.45) is 3.00. The first-order valence-corrected chi connectivity index (χ1v) is 7.44. The summed E-state index contributed by atoms with van der Waals surface area (Å²) in [6.45, 7) is 3.39. The molecule has 0 saturated carbocycles. The van der Waals surface area contributed by atoms with Gasteiger partial charge in [0.1, 0.15) is 5.15 Å². The number of fused-ring (bicyclic) bond motifs is 1. The van der Waals surface area contributed by atoms with Crippen LogP contribution in [-0.4, -0.2) is 20.9 Å². The summed E-state index contributed by atoms with van der Waals surface area (Å²) in [7, 11) is 1.87. The molecule has 2 heterocycles. The standard InChI is InChI=1S/C16H19ClN4/c1-11-14(16(17)20(2)19-11)10-21-9-7-13-12(6-8-18)4-3-5-15(13)21/h3-5,7,9H,6,8,10,18H2,1-2H3. The van der Waals surface area contributed by atoms with Crippen molar-refractivity contribution in [2.75, 3.05) is 6.54 Å². The Kier molecular flexibility index (Phi) is 3.74. The lowest BCUT2D eigenvalue weighted by Gasteiger charge is -2.07. The van der Waals surface area contributed by atoms with Crippen molar-refractivity contribution in [2.24, 2.45) is 12.8 Å². The third-order valence-electron chi connectivity index (χ3n) is 3.92. The van der Waals surface area contributed by atoms with E-state index in [1.165, 1.54) is 16.5 Å². The van der Waals surface area contributed by atoms with Crippen LogP contribution in [0.4, 0.5) is 0 Å². The van der Waals surface area contributed by atoms with Gasteiger partial charge in [-0.25, -0.2) is 0 Å². The monoisotopic (exact) mass is 302 g/mol. The Balaban J connectivity index is 2.04. The molecule has 1 aromatic carbocycles. The van der Waals surface area contributed by atoms with Crippen molar-refractivity contribution in [3.63, 3.8) is 0 Å². The van der Waals surface area contributed by atoms with Crippen molar-refractivity contribution in [1.29, 1.82) is 0 Å². The van der Waals surface area contributed by atoms with Crippen molar-refractivity contribution in [3.05, 3.63) is 52.4 Å². The highest BCUT2D eigenvalue weighted by molar-refractivity contribution is 6.30. The van der Waals surface area contributed by atoms with Crippen LogP contribution in [0.25, 0.3) is 10.9 Å². The van der Waals surface area contributed by atoms with E-state index >= 15 is 0 Å². The average Bonchev–Trinajstić information content (AvgIpc) is 2.97. The minimum atomic E-state index is 0.665. The predicted molar refractivity (Wildman–Crippen MR) is 86.8 cm³/mol. The first-order chi connectivity index (χ1) is 10.1. The Bertz CT molecular complexity index is 785. The van der Waals surface area contributed by atoms with Crippen LogP contribution < -0.4 is 5.73 Å². The summed E-state index contributed by atoms with van der Waals surface area (Å²) in [4.78, 5) is 0. The number of benzene rings is 1. The van der Waals surface area contributed by atoms with Crippen LogP contribution in [-0.2, 0) is 20.0 Å². The first kappa shape index (κ1) is 14.2. The molecule has 0 aliphatic carbocycles. The highest BCUT2D eigenvalue weighted by Crippen LogP contribution is 2.25. The lowest BCUT2D eigenvalue weighted by molar-refractivity contribution is 0.757. The SMILES string of the molecule is Cc1nn(C)c(Cl)c1Cn1ccc2c(CCN)cccc21. The maximum Gasteiger partial charge on any atom is 0.131 e. The van der Waals surface area contributed by atoms with Crippen LogP contribution in [0, 0.1) is 6.92 Å². The van der Waals surface area contributed by atoms with Gasteiger partial charge in [0.05, 0.1) is 12.2 Å². The van der Waals surface area contributed by atoms with Crippen LogP contribution >= 0.6 is 11.6 Å². The number of nitrogens with two attached hydrogens (primary N) is 1. The van der Waals surface area contributed by atoms with Gasteiger partial charge in [0.25, 0.3) is 0 Å². The lowest BCUT2D eigenvalue weighted by Crippen LogP contribution is -2.03. The minimum absolute atomic E-state index is 0.665. The van der Waals surface area contributed by atoms with Gasteiger partial charge in [0.2, 0.25) is 0 Å². The molecule has 5 heteroatoms. The van der Waals surface area contributed by atoms with Crippen molar-refractivity contribution in [2.45, 2.75) is 19.9 Å². The van der Waals surface area contributed by atoms with E-state index in [9.17, 15) is 0 Å². The van der Waals surface area contributed by atoms with Crippen molar-refractivity contribution < 1.29 is 0 Å². The van der Waals surface area contributed by atoms with Gasteiger partial charge in [-0.15, -0.1) is 0 Å². The van der Waals surface area contributed by atoms with E-state index in [0.29, 0.717) is 11.7 Å². The second-order valence-corrected chi connectivity index (χ2v) is 5.67. The molecule has 2 N–H and O–H groups in total. The maximum absolute atomic E-state index is 6.33. The van der Waals surface area contributed by atoms with Gasteiger partial charge in [-0.1, -0.05) is 23.7 Å². The maximum atomic E-state index is 6.33. The molecule has 0 saturated heterocycles. The van der Waals surface area contributed by atoms with Gasteiger partial charge in [-0.05, 0) is 37.6 Å². The Hall–Kier alpha value is -1.78. The Morgan fingerprint density at radius 2 is 2.10 bits per heavy atom. The molecule has 3 aromatic rings. The van der Waals surface area contributed by atoms with Gasteiger partial charge < -0.3 is 10.3 Å². The third-order valence-corrected chi connectivity index (χ3v) is 4.39. The van der Waals surface area contributed by atoms with Crippen LogP contribution in [0.1, 0.15) is 16.8 Å². The molecule has 2 aromatic heterocycles. The number of nitrogens with zero attached hydrogens (tertiary/aromatic N) is 3. The zero-order chi connectivity index (χ0) is 15.0. The highest BCUT2D eigenvalue weighted by Gasteiger charge is 2.13. The molecule has 4 nitrogen and oxygen atoms in total. The molecule has 0 amide bonds. The number of hydrogen-bond acceptors (Lipinski definition) is 2. The second kappa shape index (κ2) is 5.54. The summed E-state index contributed by atoms with van der Waals surface area (Å²) in [5.74, 6) is 0. The van der Waals surface area contributed by atoms with Gasteiger partial charge in [-0.2, -0.15) is 5.10 Å². The van der Waals surface area contributed by atoms with Crippen molar-refractivity contribution in [1.82, 2.24) is 14.3 Å². The molecule has 0 aliphatic heterocycles. The molecule has 0 fully saturated rings. The summed E-state index contributed by atoms with van der Waals surface area (Å²) >= 11 is 6.33. The second-order valence-electron chi connectivity index (χ2n) is 5.31. The van der Waals surface area contributed by atoms with Gasteiger partial charge in [0.15, 0.2) is 0 Å². The lowest BCUT2D eigenvalue weighted by atomic mass is 10.1. The van der Waals surface area contributed by atoms with Gasteiger partial charge >= 0.3 is 0 Å². The fraction of sp³-hybridized carbons (Fsp3) is 0.312. The van der Waals surface area contributed by atoms with Crippen LogP contribution in [0.15, 0.2) is 30.5 Å². The fourth-order valence-corrected chi connectivity index (χ4v) is 3.06. The van der Waals surface area contributed by atoms with Crippen LogP contribution in [0.5, 0.6) is 0 Å². The van der Waals surface area contributed by atoms with Gasteiger partial charge in [0, 0.05) is 29.7 Å². The number of hydrogen-bond donors (Lipinski definition) is 1. The molecule has 0 atom stereocenters. The zero-order valence-corrected chi connectivity index (χ0v) is 13.1. The largest absolute Gasteiger partial charge is 0.343 e. The van der Waals surface area contributed by atoms with Crippen LogP contribution in [0.2, 0.25) is 5.15 Å². The van der Waals surface area contributed by atoms with Crippen molar-refractivity contribution in [3.8, 4) is 0 Å². The quantitative estimate of drug-likeness (QED) is 0.805. The summed E-state index contributed by atoms with van der Waals surface area (Å²) in [6, 6.07) is 8.51. The molecule has 21 heavy (non-hydrogen) atoms. The molecule has 3 rings (SSSR count). The topological polar surface area (TPSA) is 48.8 Å². The van der Waals surface area contributed by atoms with Crippen molar-refractivity contribution >= 4 is 22.5 Å².